The Balaban J connectivity index is 0.00000420. The van der Waals surface area contributed by atoms with Gasteiger partial charge in [0.25, 0.3) is 0 Å². The van der Waals surface area contributed by atoms with Crippen LogP contribution in [0.5, 0.6) is 5.75 Å². The summed E-state index contributed by atoms with van der Waals surface area (Å²) in [5.41, 5.74) is 0. The zero-order valence-electron chi connectivity index (χ0n) is 18.0. The van der Waals surface area contributed by atoms with Crippen molar-refractivity contribution >= 4 is 29.9 Å². The summed E-state index contributed by atoms with van der Waals surface area (Å²) in [7, 11) is 2.19. The molecule has 8 heteroatoms. The number of halogens is 2. The molecule has 1 aromatic carbocycles. The number of piperazine rings is 1. The highest BCUT2D eigenvalue weighted by Crippen LogP contribution is 2.13. The van der Waals surface area contributed by atoms with E-state index in [9.17, 15) is 4.39 Å². The smallest absolute Gasteiger partial charge is 0.191 e. The van der Waals surface area contributed by atoms with E-state index in [0.717, 1.165) is 25.5 Å². The van der Waals surface area contributed by atoms with Crippen molar-refractivity contribution in [2.45, 2.75) is 32.8 Å². The summed E-state index contributed by atoms with van der Waals surface area (Å²) in [6.07, 6.45) is 2.23. The maximum Gasteiger partial charge on any atom is 0.191 e. The van der Waals surface area contributed by atoms with Gasteiger partial charge in [-0.15, -0.1) is 24.0 Å². The van der Waals surface area contributed by atoms with Crippen molar-refractivity contribution in [3.8, 4) is 5.75 Å². The number of hydrogen-bond donors (Lipinski definition) is 2. The Morgan fingerprint density at radius 2 is 1.83 bits per heavy atom. The molecule has 0 aromatic heterocycles. The summed E-state index contributed by atoms with van der Waals surface area (Å²) < 4.78 is 18.7. The Morgan fingerprint density at radius 1 is 1.14 bits per heavy atom. The molecule has 1 aliphatic rings. The Bertz CT molecular complexity index is 579. The molecule has 0 amide bonds. The van der Waals surface area contributed by atoms with Crippen LogP contribution in [-0.4, -0.2) is 81.3 Å². The molecule has 0 spiro atoms. The van der Waals surface area contributed by atoms with Crippen molar-refractivity contribution in [3.63, 3.8) is 0 Å². The highest BCUT2D eigenvalue weighted by atomic mass is 127. The first-order valence-corrected chi connectivity index (χ1v) is 10.4. The minimum Gasteiger partial charge on any atom is -0.489 e. The first kappa shape index (κ1) is 25.9. The predicted octanol–water partition coefficient (Wildman–Crippen LogP) is 2.79. The van der Waals surface area contributed by atoms with Crippen molar-refractivity contribution in [2.75, 3.05) is 59.4 Å². The molecule has 0 aliphatic carbocycles. The van der Waals surface area contributed by atoms with Gasteiger partial charge in [0.05, 0.1) is 6.54 Å². The van der Waals surface area contributed by atoms with Crippen LogP contribution in [0.4, 0.5) is 4.39 Å². The van der Waals surface area contributed by atoms with Gasteiger partial charge in [0.1, 0.15) is 17.7 Å². The predicted molar refractivity (Wildman–Crippen MR) is 129 cm³/mol. The third-order valence-corrected chi connectivity index (χ3v) is 4.79. The first-order chi connectivity index (χ1) is 13.6. The maximum absolute atomic E-state index is 13.0. The first-order valence-electron chi connectivity index (χ1n) is 10.4. The van der Waals surface area contributed by atoms with Gasteiger partial charge < -0.3 is 25.2 Å². The standard InChI is InChI=1S/C21H36FN5O.HI/c1-4-23-21(24-11-5-6-12-27-15-13-26(3)14-16-27)25-17-18(2)28-20-9-7-19(22)8-10-20;/h7-10,18H,4-6,11-17H2,1-3H3,(H2,23,24,25);1H. The van der Waals surface area contributed by atoms with Crippen molar-refractivity contribution < 1.29 is 9.13 Å². The molecule has 1 atom stereocenters. The van der Waals surface area contributed by atoms with Gasteiger partial charge in [-0.1, -0.05) is 0 Å². The summed E-state index contributed by atoms with van der Waals surface area (Å²) in [6, 6.07) is 6.08. The van der Waals surface area contributed by atoms with Gasteiger partial charge in [0, 0.05) is 39.3 Å². The Kier molecular flexibility index (Phi) is 13.2. The number of ether oxygens (including phenoxy) is 1. The number of likely N-dealkylation sites (N-methyl/N-ethyl adjacent to an activating group) is 1. The molecule has 1 fully saturated rings. The third kappa shape index (κ3) is 11.0. The van der Waals surface area contributed by atoms with Gasteiger partial charge in [-0.05, 0) is 64.5 Å². The summed E-state index contributed by atoms with van der Waals surface area (Å²) >= 11 is 0. The third-order valence-electron chi connectivity index (χ3n) is 4.79. The molecule has 29 heavy (non-hydrogen) atoms. The fourth-order valence-electron chi connectivity index (χ4n) is 3.08. The van der Waals surface area contributed by atoms with Crippen molar-refractivity contribution in [1.82, 2.24) is 20.4 Å². The Hall–Kier alpha value is -1.13. The fourth-order valence-corrected chi connectivity index (χ4v) is 3.08. The SMILES string of the molecule is CCNC(=NCC(C)Oc1ccc(F)cc1)NCCCCN1CCN(C)CC1.I. The van der Waals surface area contributed by atoms with E-state index in [1.165, 1.54) is 51.3 Å². The number of nitrogens with zero attached hydrogens (tertiary/aromatic N) is 3. The fraction of sp³-hybridized carbons (Fsp3) is 0.667. The van der Waals surface area contributed by atoms with Crippen molar-refractivity contribution in [3.05, 3.63) is 30.1 Å². The number of rotatable bonds is 10. The quantitative estimate of drug-likeness (QED) is 0.215. The van der Waals surface area contributed by atoms with Gasteiger partial charge in [-0.25, -0.2) is 9.38 Å². The van der Waals surface area contributed by atoms with E-state index < -0.39 is 0 Å². The van der Waals surface area contributed by atoms with Crippen molar-refractivity contribution in [2.24, 2.45) is 4.99 Å². The number of nitrogens with one attached hydrogen (secondary N) is 2. The Morgan fingerprint density at radius 3 is 2.48 bits per heavy atom. The van der Waals surface area contributed by atoms with Gasteiger partial charge in [-0.3, -0.25) is 0 Å². The molecule has 166 valence electrons. The second kappa shape index (κ2) is 14.8. The zero-order chi connectivity index (χ0) is 20.2. The lowest BCUT2D eigenvalue weighted by Crippen LogP contribution is -2.44. The summed E-state index contributed by atoms with van der Waals surface area (Å²) in [6.45, 7) is 12.2. The molecule has 2 rings (SSSR count). The van der Waals surface area contributed by atoms with Crippen LogP contribution in [-0.2, 0) is 0 Å². The molecule has 1 unspecified atom stereocenters. The van der Waals surface area contributed by atoms with Crippen LogP contribution in [0.1, 0.15) is 26.7 Å². The van der Waals surface area contributed by atoms with Crippen LogP contribution >= 0.6 is 24.0 Å². The molecule has 1 heterocycles. The largest absolute Gasteiger partial charge is 0.489 e. The van der Waals surface area contributed by atoms with Crippen LogP contribution < -0.4 is 15.4 Å². The van der Waals surface area contributed by atoms with E-state index in [-0.39, 0.29) is 35.9 Å². The van der Waals surface area contributed by atoms with Crippen molar-refractivity contribution in [1.29, 1.82) is 0 Å². The van der Waals surface area contributed by atoms with Crippen LogP contribution in [0, 0.1) is 5.82 Å². The molecule has 6 nitrogen and oxygen atoms in total. The topological polar surface area (TPSA) is 52.1 Å². The molecule has 1 aliphatic heterocycles. The molecule has 0 saturated carbocycles. The average Bonchev–Trinajstić information content (AvgIpc) is 2.69. The van der Waals surface area contributed by atoms with Gasteiger partial charge in [0.15, 0.2) is 5.96 Å². The number of unbranched alkanes of at least 4 members (excludes halogenated alkanes) is 1. The monoisotopic (exact) mass is 521 g/mol. The lowest BCUT2D eigenvalue weighted by Gasteiger charge is -2.32. The average molecular weight is 521 g/mol. The Labute approximate surface area is 192 Å². The van der Waals surface area contributed by atoms with E-state index in [0.29, 0.717) is 12.3 Å². The van der Waals surface area contributed by atoms with E-state index in [2.05, 4.69) is 39.4 Å². The van der Waals surface area contributed by atoms with Crippen LogP contribution in [0.3, 0.4) is 0 Å². The maximum atomic E-state index is 13.0. The number of hydrogen-bond acceptors (Lipinski definition) is 4. The van der Waals surface area contributed by atoms with Gasteiger partial charge >= 0.3 is 0 Å². The molecule has 1 aromatic rings. The molecule has 1 saturated heterocycles. The highest BCUT2D eigenvalue weighted by molar-refractivity contribution is 14.0. The van der Waals surface area contributed by atoms with E-state index in [1.54, 1.807) is 12.1 Å². The molecular weight excluding hydrogens is 484 g/mol. The zero-order valence-corrected chi connectivity index (χ0v) is 20.3. The van der Waals surface area contributed by atoms with Crippen LogP contribution in [0.2, 0.25) is 0 Å². The van der Waals surface area contributed by atoms with Gasteiger partial charge in [-0.2, -0.15) is 0 Å². The molecule has 0 bridgehead atoms. The van der Waals surface area contributed by atoms with Crippen LogP contribution in [0.15, 0.2) is 29.3 Å². The molecule has 0 radical (unpaired) electrons. The number of aliphatic imine (C=N–C) groups is 1. The summed E-state index contributed by atoms with van der Waals surface area (Å²) in [5.74, 6) is 1.21. The van der Waals surface area contributed by atoms with Gasteiger partial charge in [0.2, 0.25) is 0 Å². The molecule has 2 N–H and O–H groups in total. The minimum atomic E-state index is -0.260. The minimum absolute atomic E-state index is 0. The highest BCUT2D eigenvalue weighted by Gasteiger charge is 2.12. The molecular formula is C21H37FIN5O. The summed E-state index contributed by atoms with van der Waals surface area (Å²) in [4.78, 5) is 9.54. The van der Waals surface area contributed by atoms with E-state index in [1.807, 2.05) is 6.92 Å². The second-order valence-corrected chi connectivity index (χ2v) is 7.38. The summed E-state index contributed by atoms with van der Waals surface area (Å²) in [5, 5.41) is 6.67. The lowest BCUT2D eigenvalue weighted by molar-refractivity contribution is 0.152. The van der Waals surface area contributed by atoms with E-state index in [4.69, 9.17) is 4.74 Å². The normalized spacial score (nSPS) is 16.8. The number of guanidine groups is 1. The lowest BCUT2D eigenvalue weighted by atomic mass is 10.2. The van der Waals surface area contributed by atoms with Crippen LogP contribution in [0.25, 0.3) is 0 Å². The second-order valence-electron chi connectivity index (χ2n) is 7.38. The van der Waals surface area contributed by atoms with E-state index >= 15 is 0 Å². The number of benzene rings is 1.